The highest BCUT2D eigenvalue weighted by Gasteiger charge is 2.29. The van der Waals surface area contributed by atoms with Gasteiger partial charge in [0.15, 0.2) is 5.78 Å². The third-order valence-electron chi connectivity index (χ3n) is 5.51. The molecule has 156 valence electrons. The van der Waals surface area contributed by atoms with Crippen LogP contribution in [0.25, 0.3) is 11.6 Å². The van der Waals surface area contributed by atoms with E-state index < -0.39 is 0 Å². The minimum Gasteiger partial charge on any atom is -0.497 e. The van der Waals surface area contributed by atoms with Crippen molar-refractivity contribution in [2.75, 3.05) is 19.0 Å². The Kier molecular flexibility index (Phi) is 5.44. The number of aryl methyl sites for hydroxylation is 1. The number of methoxy groups -OCH3 is 1. The lowest BCUT2D eigenvalue weighted by Gasteiger charge is -2.11. The van der Waals surface area contributed by atoms with Crippen molar-refractivity contribution in [3.63, 3.8) is 0 Å². The predicted molar refractivity (Wildman–Crippen MR) is 113 cm³/mol. The molecule has 7 nitrogen and oxygen atoms in total. The van der Waals surface area contributed by atoms with Crippen molar-refractivity contribution in [2.45, 2.75) is 39.0 Å². The van der Waals surface area contributed by atoms with Crippen molar-refractivity contribution >= 4 is 35.0 Å². The van der Waals surface area contributed by atoms with Gasteiger partial charge in [0.05, 0.1) is 19.3 Å². The second-order valence-electron chi connectivity index (χ2n) is 7.38. The third kappa shape index (κ3) is 3.63. The van der Waals surface area contributed by atoms with Crippen molar-refractivity contribution in [3.05, 3.63) is 46.3 Å². The highest BCUT2D eigenvalue weighted by atomic mass is 16.5. The Morgan fingerprint density at radius 3 is 2.83 bits per heavy atom. The molecule has 0 bridgehead atoms. The maximum absolute atomic E-state index is 12.6. The molecule has 1 aliphatic heterocycles. The molecule has 2 heterocycles. The van der Waals surface area contributed by atoms with Crippen LogP contribution in [-0.2, 0) is 27.2 Å². The maximum atomic E-state index is 12.6. The van der Waals surface area contributed by atoms with Crippen molar-refractivity contribution in [3.8, 4) is 5.75 Å². The number of aromatic amines is 1. The van der Waals surface area contributed by atoms with Crippen molar-refractivity contribution in [1.29, 1.82) is 0 Å². The van der Waals surface area contributed by atoms with Gasteiger partial charge in [0, 0.05) is 41.0 Å². The number of benzene rings is 1. The van der Waals surface area contributed by atoms with Crippen molar-refractivity contribution in [2.24, 2.45) is 0 Å². The smallest absolute Gasteiger partial charge is 0.306 e. The Morgan fingerprint density at radius 2 is 2.07 bits per heavy atom. The van der Waals surface area contributed by atoms with Gasteiger partial charge in [0.2, 0.25) is 0 Å². The molecule has 1 aromatic heterocycles. The van der Waals surface area contributed by atoms with E-state index in [0.29, 0.717) is 47.7 Å². The molecule has 1 aliphatic carbocycles. The topological polar surface area (TPSA) is 97.5 Å². The Labute approximate surface area is 174 Å². The number of esters is 1. The van der Waals surface area contributed by atoms with Gasteiger partial charge in [-0.3, -0.25) is 14.4 Å². The number of amides is 1. The molecule has 2 aromatic rings. The average Bonchev–Trinajstić information content (AvgIpc) is 3.24. The van der Waals surface area contributed by atoms with Crippen LogP contribution in [-0.4, -0.2) is 36.4 Å². The Balaban J connectivity index is 1.77. The quantitative estimate of drug-likeness (QED) is 0.563. The zero-order chi connectivity index (χ0) is 21.3. The summed E-state index contributed by atoms with van der Waals surface area (Å²) in [6.45, 7) is 2.08. The predicted octanol–water partition coefficient (Wildman–Crippen LogP) is 3.53. The Morgan fingerprint density at radius 1 is 1.23 bits per heavy atom. The summed E-state index contributed by atoms with van der Waals surface area (Å²) in [7, 11) is 1.58. The van der Waals surface area contributed by atoms with E-state index in [1.165, 1.54) is 0 Å². The number of rotatable bonds is 6. The monoisotopic (exact) mass is 408 g/mol. The number of Topliss-reactive ketones (excluding diaryl/α,β-unsaturated/α-hetero) is 1. The van der Waals surface area contributed by atoms with Gasteiger partial charge in [-0.05, 0) is 56.0 Å². The molecule has 0 radical (unpaired) electrons. The highest BCUT2D eigenvalue weighted by Crippen LogP contribution is 2.37. The first-order valence-electron chi connectivity index (χ1n) is 10.2. The number of aromatic nitrogens is 1. The first kappa shape index (κ1) is 19.9. The van der Waals surface area contributed by atoms with E-state index in [4.69, 9.17) is 9.47 Å². The van der Waals surface area contributed by atoms with Gasteiger partial charge in [-0.15, -0.1) is 0 Å². The number of ether oxygens (including phenoxy) is 2. The van der Waals surface area contributed by atoms with Crippen LogP contribution in [0.5, 0.6) is 5.75 Å². The molecule has 1 amide bonds. The summed E-state index contributed by atoms with van der Waals surface area (Å²) < 4.78 is 10.3. The summed E-state index contributed by atoms with van der Waals surface area (Å²) in [4.78, 5) is 40.5. The van der Waals surface area contributed by atoms with E-state index in [1.807, 2.05) is 6.07 Å². The first-order chi connectivity index (χ1) is 14.5. The minimum absolute atomic E-state index is 0.0777. The van der Waals surface area contributed by atoms with Crippen molar-refractivity contribution < 1.29 is 23.9 Å². The van der Waals surface area contributed by atoms with Crippen LogP contribution in [0, 0.1) is 0 Å². The molecule has 1 aromatic carbocycles. The molecule has 7 heteroatoms. The van der Waals surface area contributed by atoms with E-state index in [9.17, 15) is 14.4 Å². The second kappa shape index (κ2) is 8.18. The molecular weight excluding hydrogens is 384 g/mol. The normalized spacial score (nSPS) is 16.3. The zero-order valence-corrected chi connectivity index (χ0v) is 17.1. The van der Waals surface area contributed by atoms with Crippen LogP contribution in [0.3, 0.4) is 0 Å². The fraction of sp³-hybridized carbons (Fsp3) is 0.348. The number of fused-ring (bicyclic) bond motifs is 2. The molecule has 2 aliphatic rings. The van der Waals surface area contributed by atoms with Crippen LogP contribution in [0.1, 0.15) is 59.1 Å². The second-order valence-corrected chi connectivity index (χ2v) is 7.38. The maximum Gasteiger partial charge on any atom is 0.306 e. The molecule has 2 N–H and O–H groups in total. The van der Waals surface area contributed by atoms with Crippen LogP contribution in [0.4, 0.5) is 5.69 Å². The van der Waals surface area contributed by atoms with Gasteiger partial charge in [-0.1, -0.05) is 0 Å². The number of carbonyl (C=O) groups is 3. The summed E-state index contributed by atoms with van der Waals surface area (Å²) in [5.41, 5.74) is 4.97. The highest BCUT2D eigenvalue weighted by molar-refractivity contribution is 6.35. The van der Waals surface area contributed by atoms with Crippen LogP contribution in [0.15, 0.2) is 18.2 Å². The van der Waals surface area contributed by atoms with Gasteiger partial charge in [0.25, 0.3) is 5.91 Å². The lowest BCUT2D eigenvalue weighted by Crippen LogP contribution is -2.12. The molecule has 0 spiro atoms. The molecule has 0 atom stereocenters. The van der Waals surface area contributed by atoms with Crippen LogP contribution < -0.4 is 10.1 Å². The van der Waals surface area contributed by atoms with Gasteiger partial charge < -0.3 is 19.8 Å². The number of nitrogens with one attached hydrogen (secondary N) is 2. The van der Waals surface area contributed by atoms with E-state index in [1.54, 1.807) is 32.2 Å². The number of hydrogen-bond acceptors (Lipinski definition) is 5. The summed E-state index contributed by atoms with van der Waals surface area (Å²) in [5.74, 6) is 0.213. The molecule has 0 saturated carbocycles. The van der Waals surface area contributed by atoms with Crippen LogP contribution in [0.2, 0.25) is 0 Å². The zero-order valence-electron chi connectivity index (χ0n) is 17.1. The molecule has 0 fully saturated rings. The fourth-order valence-corrected chi connectivity index (χ4v) is 4.12. The average molecular weight is 408 g/mol. The lowest BCUT2D eigenvalue weighted by molar-refractivity contribution is -0.143. The number of H-pyrrole nitrogens is 1. The molecule has 30 heavy (non-hydrogen) atoms. The summed E-state index contributed by atoms with van der Waals surface area (Å²) >= 11 is 0. The number of carbonyl (C=O) groups excluding carboxylic acids is 3. The van der Waals surface area contributed by atoms with E-state index >= 15 is 0 Å². The largest absolute Gasteiger partial charge is 0.497 e. The summed E-state index contributed by atoms with van der Waals surface area (Å²) in [5, 5.41) is 2.86. The van der Waals surface area contributed by atoms with Gasteiger partial charge in [-0.2, -0.15) is 0 Å². The Hall–Kier alpha value is -3.35. The lowest BCUT2D eigenvalue weighted by atomic mass is 9.91. The minimum atomic E-state index is -0.303. The van der Waals surface area contributed by atoms with Crippen molar-refractivity contribution in [1.82, 2.24) is 4.98 Å². The van der Waals surface area contributed by atoms with E-state index in [0.717, 1.165) is 29.7 Å². The number of anilines is 1. The first-order valence-corrected chi connectivity index (χ1v) is 10.2. The standard InChI is InChI=1S/C23H24N2O5/c1-3-30-21(27)10-8-14-19(24-18-5-4-6-20(26)22(14)18)12-16-15-11-13(29-2)7-9-17(15)25-23(16)28/h7,9,11-12,24H,3-6,8,10H2,1-2H3,(H,25,28)/b16-12-. The van der Waals surface area contributed by atoms with E-state index in [-0.39, 0.29) is 24.1 Å². The number of hydrogen-bond donors (Lipinski definition) is 2. The third-order valence-corrected chi connectivity index (χ3v) is 5.51. The summed E-state index contributed by atoms with van der Waals surface area (Å²) in [6.07, 6.45) is 4.38. The number of ketones is 1. The fourth-order valence-electron chi connectivity index (χ4n) is 4.12. The molecule has 0 saturated heterocycles. The van der Waals surface area contributed by atoms with Gasteiger partial charge in [-0.25, -0.2) is 0 Å². The van der Waals surface area contributed by atoms with Gasteiger partial charge in [0.1, 0.15) is 5.75 Å². The Bertz CT molecular complexity index is 1060. The molecule has 0 unspecified atom stereocenters. The molecule has 4 rings (SSSR count). The van der Waals surface area contributed by atoms with Gasteiger partial charge >= 0.3 is 5.97 Å². The summed E-state index contributed by atoms with van der Waals surface area (Å²) in [6, 6.07) is 5.40. The SMILES string of the molecule is CCOC(=O)CCc1c(/C=C2\C(=O)Nc3ccc(OC)cc32)[nH]c2c1C(=O)CCC2. The van der Waals surface area contributed by atoms with Crippen LogP contribution >= 0.6 is 0 Å². The van der Waals surface area contributed by atoms with E-state index in [2.05, 4.69) is 10.3 Å². The molecular formula is C23H24N2O5.